The molecule has 0 bridgehead atoms. The largest absolute Gasteiger partial charge is 0.327 e. The molecule has 0 amide bonds. The molecule has 94 valence electrons. The van der Waals surface area contributed by atoms with Crippen LogP contribution in [0.2, 0.25) is 0 Å². The molecule has 2 atom stereocenters. The maximum Gasteiger partial charge on any atom is 0.0171 e. The van der Waals surface area contributed by atoms with Crippen LogP contribution in [0.4, 0.5) is 0 Å². The van der Waals surface area contributed by atoms with Gasteiger partial charge in [0.25, 0.3) is 0 Å². The molecular weight excluding hydrogens is 196 g/mol. The molecule has 2 N–H and O–H groups in total. The van der Waals surface area contributed by atoms with Crippen LogP contribution in [-0.4, -0.2) is 30.1 Å². The van der Waals surface area contributed by atoms with Crippen molar-refractivity contribution in [2.75, 3.05) is 13.1 Å². The fourth-order valence-electron chi connectivity index (χ4n) is 3.44. The maximum absolute atomic E-state index is 6.20. The van der Waals surface area contributed by atoms with Gasteiger partial charge in [-0.1, -0.05) is 26.7 Å². The number of hydrogen-bond donors (Lipinski definition) is 1. The van der Waals surface area contributed by atoms with E-state index in [2.05, 4.69) is 18.7 Å². The summed E-state index contributed by atoms with van der Waals surface area (Å²) < 4.78 is 0. The van der Waals surface area contributed by atoms with Crippen LogP contribution < -0.4 is 5.73 Å². The van der Waals surface area contributed by atoms with Gasteiger partial charge in [-0.05, 0) is 37.5 Å². The fraction of sp³-hybridized carbons (Fsp3) is 1.00. The molecule has 2 aliphatic rings. The van der Waals surface area contributed by atoms with Gasteiger partial charge in [0.1, 0.15) is 0 Å². The lowest BCUT2D eigenvalue weighted by molar-refractivity contribution is 0.0379. The van der Waals surface area contributed by atoms with Gasteiger partial charge in [-0.3, -0.25) is 4.90 Å². The first kappa shape index (κ1) is 12.4. The second-order valence-corrected chi connectivity index (χ2v) is 6.19. The van der Waals surface area contributed by atoms with E-state index < -0.39 is 0 Å². The first-order valence-electron chi connectivity index (χ1n) is 7.18. The van der Waals surface area contributed by atoms with Crippen molar-refractivity contribution in [2.45, 2.75) is 64.5 Å². The fourth-order valence-corrected chi connectivity index (χ4v) is 3.44. The van der Waals surface area contributed by atoms with Gasteiger partial charge in [-0.2, -0.15) is 0 Å². The molecule has 1 heterocycles. The van der Waals surface area contributed by atoms with Crippen LogP contribution in [0.15, 0.2) is 0 Å². The topological polar surface area (TPSA) is 29.3 Å². The zero-order chi connectivity index (χ0) is 11.5. The summed E-state index contributed by atoms with van der Waals surface area (Å²) in [6, 6.07) is 1.30. The van der Waals surface area contributed by atoms with E-state index >= 15 is 0 Å². The molecule has 2 fully saturated rings. The van der Waals surface area contributed by atoms with E-state index in [-0.39, 0.29) is 0 Å². The van der Waals surface area contributed by atoms with Gasteiger partial charge in [-0.25, -0.2) is 0 Å². The Hall–Kier alpha value is -0.0800. The second kappa shape index (κ2) is 5.50. The minimum atomic E-state index is 0.437. The molecule has 1 aliphatic carbocycles. The zero-order valence-electron chi connectivity index (χ0n) is 11.0. The maximum atomic E-state index is 6.20. The van der Waals surface area contributed by atoms with Crippen molar-refractivity contribution < 1.29 is 0 Å². The Bertz CT molecular complexity index is 211. The first-order chi connectivity index (χ1) is 7.69. The van der Waals surface area contributed by atoms with Crippen molar-refractivity contribution in [3.63, 3.8) is 0 Å². The van der Waals surface area contributed by atoms with Gasteiger partial charge in [-0.15, -0.1) is 0 Å². The van der Waals surface area contributed by atoms with Crippen LogP contribution in [0.25, 0.3) is 0 Å². The van der Waals surface area contributed by atoms with Gasteiger partial charge in [0.05, 0.1) is 0 Å². The van der Waals surface area contributed by atoms with Crippen LogP contribution in [0.1, 0.15) is 52.4 Å². The number of nitrogens with two attached hydrogens (primary N) is 1. The number of unbranched alkanes of at least 4 members (excludes halogenated alkanes) is 1. The lowest BCUT2D eigenvalue weighted by Crippen LogP contribution is -2.54. The van der Waals surface area contributed by atoms with E-state index in [1.54, 1.807) is 0 Å². The lowest BCUT2D eigenvalue weighted by atomic mass is 9.78. The Balaban J connectivity index is 1.80. The molecule has 2 nitrogen and oxygen atoms in total. The number of likely N-dealkylation sites (tertiary alicyclic amines) is 1. The van der Waals surface area contributed by atoms with Crippen molar-refractivity contribution in [3.8, 4) is 0 Å². The minimum Gasteiger partial charge on any atom is -0.327 e. The van der Waals surface area contributed by atoms with E-state index in [1.807, 2.05) is 0 Å². The first-order valence-corrected chi connectivity index (χ1v) is 7.18. The van der Waals surface area contributed by atoms with Crippen molar-refractivity contribution in [3.05, 3.63) is 0 Å². The van der Waals surface area contributed by atoms with Crippen molar-refractivity contribution >= 4 is 0 Å². The monoisotopic (exact) mass is 224 g/mol. The van der Waals surface area contributed by atoms with E-state index in [1.165, 1.54) is 45.1 Å². The highest BCUT2D eigenvalue weighted by Gasteiger charge is 2.35. The van der Waals surface area contributed by atoms with Gasteiger partial charge in [0.15, 0.2) is 0 Å². The highest BCUT2D eigenvalue weighted by molar-refractivity contribution is 4.91. The Morgan fingerprint density at radius 3 is 2.56 bits per heavy atom. The molecule has 1 saturated heterocycles. The Labute approximate surface area is 101 Å². The van der Waals surface area contributed by atoms with E-state index in [9.17, 15) is 0 Å². The molecule has 0 aromatic rings. The summed E-state index contributed by atoms with van der Waals surface area (Å²) in [4.78, 5) is 2.69. The summed E-state index contributed by atoms with van der Waals surface area (Å²) in [6.07, 6.45) is 8.18. The van der Waals surface area contributed by atoms with Gasteiger partial charge in [0.2, 0.25) is 0 Å². The van der Waals surface area contributed by atoms with Crippen LogP contribution in [0, 0.1) is 11.8 Å². The summed E-state index contributed by atoms with van der Waals surface area (Å²) in [5, 5.41) is 0. The summed E-state index contributed by atoms with van der Waals surface area (Å²) in [7, 11) is 0. The van der Waals surface area contributed by atoms with Gasteiger partial charge in [0, 0.05) is 25.2 Å². The molecule has 0 aromatic carbocycles. The summed E-state index contributed by atoms with van der Waals surface area (Å²) >= 11 is 0. The summed E-state index contributed by atoms with van der Waals surface area (Å²) in [5.41, 5.74) is 6.20. The molecule has 2 heteroatoms. The van der Waals surface area contributed by atoms with Crippen LogP contribution >= 0.6 is 0 Å². The van der Waals surface area contributed by atoms with E-state index in [4.69, 9.17) is 5.73 Å². The third-order valence-corrected chi connectivity index (χ3v) is 4.43. The van der Waals surface area contributed by atoms with Gasteiger partial charge < -0.3 is 5.73 Å². The standard InChI is InChI=1S/C14H28N2/c1-3-4-5-12-8-13(15)10-16(9-12)14-6-11(2)7-14/h11-14H,3-10,15H2,1-2H3. The summed E-state index contributed by atoms with van der Waals surface area (Å²) in [5.74, 6) is 1.83. The molecule has 1 saturated carbocycles. The molecule has 0 aromatic heterocycles. The number of rotatable bonds is 4. The Kier molecular flexibility index (Phi) is 4.26. The second-order valence-electron chi connectivity index (χ2n) is 6.19. The predicted octanol–water partition coefficient (Wildman–Crippen LogP) is 2.62. The van der Waals surface area contributed by atoms with Crippen molar-refractivity contribution in [1.82, 2.24) is 4.90 Å². The summed E-state index contributed by atoms with van der Waals surface area (Å²) in [6.45, 7) is 7.13. The van der Waals surface area contributed by atoms with E-state index in [0.29, 0.717) is 6.04 Å². The predicted molar refractivity (Wildman–Crippen MR) is 69.4 cm³/mol. The number of nitrogens with zero attached hydrogens (tertiary/aromatic N) is 1. The quantitative estimate of drug-likeness (QED) is 0.795. The third kappa shape index (κ3) is 2.98. The van der Waals surface area contributed by atoms with Crippen LogP contribution in [-0.2, 0) is 0 Å². The molecular formula is C14H28N2. The smallest absolute Gasteiger partial charge is 0.0171 e. The highest BCUT2D eigenvalue weighted by atomic mass is 15.2. The van der Waals surface area contributed by atoms with Crippen LogP contribution in [0.5, 0.6) is 0 Å². The number of piperidine rings is 1. The average molecular weight is 224 g/mol. The minimum absolute atomic E-state index is 0.437. The van der Waals surface area contributed by atoms with Gasteiger partial charge >= 0.3 is 0 Å². The SMILES string of the molecule is CCCCC1CC(N)CN(C2CC(C)C2)C1. The normalized spacial score (nSPS) is 40.7. The molecule has 2 rings (SSSR count). The van der Waals surface area contributed by atoms with E-state index in [0.717, 1.165) is 24.4 Å². The zero-order valence-corrected chi connectivity index (χ0v) is 11.0. The number of hydrogen-bond acceptors (Lipinski definition) is 2. The molecule has 1 aliphatic heterocycles. The Morgan fingerprint density at radius 1 is 1.19 bits per heavy atom. The third-order valence-electron chi connectivity index (χ3n) is 4.43. The molecule has 2 unspecified atom stereocenters. The van der Waals surface area contributed by atoms with Crippen LogP contribution in [0.3, 0.4) is 0 Å². The molecule has 16 heavy (non-hydrogen) atoms. The highest BCUT2D eigenvalue weighted by Crippen LogP contribution is 2.34. The van der Waals surface area contributed by atoms with Crippen molar-refractivity contribution in [2.24, 2.45) is 17.6 Å². The van der Waals surface area contributed by atoms with Crippen molar-refractivity contribution in [1.29, 1.82) is 0 Å². The average Bonchev–Trinajstić information content (AvgIpc) is 2.21. The Morgan fingerprint density at radius 2 is 1.94 bits per heavy atom. The lowest BCUT2D eigenvalue weighted by Gasteiger charge is -2.47. The molecule has 0 radical (unpaired) electrons. The molecule has 0 spiro atoms.